The summed E-state index contributed by atoms with van der Waals surface area (Å²) < 4.78 is 0. The summed E-state index contributed by atoms with van der Waals surface area (Å²) in [6.45, 7) is 0.257. The van der Waals surface area contributed by atoms with Crippen LogP contribution < -0.4 is 5.32 Å². The molecule has 0 aromatic rings. The van der Waals surface area contributed by atoms with Gasteiger partial charge in [0.2, 0.25) is 0 Å². The van der Waals surface area contributed by atoms with Crippen molar-refractivity contribution in [2.24, 2.45) is 4.99 Å². The summed E-state index contributed by atoms with van der Waals surface area (Å²) in [6, 6.07) is 0. The van der Waals surface area contributed by atoms with Crippen LogP contribution in [0.5, 0.6) is 0 Å². The third-order valence-corrected chi connectivity index (χ3v) is 0.891. The van der Waals surface area contributed by atoms with E-state index in [1.54, 1.807) is 0 Å². The Kier molecular flexibility index (Phi) is 1.11. The van der Waals surface area contributed by atoms with Gasteiger partial charge in [-0.2, -0.15) is 0 Å². The van der Waals surface area contributed by atoms with Crippen molar-refractivity contribution in [2.75, 3.05) is 6.54 Å². The van der Waals surface area contributed by atoms with E-state index in [4.69, 9.17) is 0 Å². The molecule has 0 aliphatic carbocycles. The molecule has 1 N–H and O–H groups in total. The molecule has 0 aromatic carbocycles. The Balaban J connectivity index is 2.41. The SMILES string of the molecule is O=[N+]([O-])C1CN=CN1. The molecule has 5 heteroatoms. The van der Waals surface area contributed by atoms with E-state index >= 15 is 0 Å². The molecular weight excluding hydrogens is 110 g/mol. The molecule has 0 aromatic heterocycles. The van der Waals surface area contributed by atoms with Gasteiger partial charge in [0.05, 0.1) is 6.34 Å². The highest BCUT2D eigenvalue weighted by atomic mass is 16.6. The van der Waals surface area contributed by atoms with E-state index in [0.717, 1.165) is 0 Å². The molecule has 1 atom stereocenters. The van der Waals surface area contributed by atoms with Crippen LogP contribution in [-0.2, 0) is 0 Å². The molecule has 0 fully saturated rings. The van der Waals surface area contributed by atoms with Crippen LogP contribution in [-0.4, -0.2) is 24.0 Å². The van der Waals surface area contributed by atoms with Crippen molar-refractivity contribution in [3.05, 3.63) is 10.1 Å². The zero-order valence-corrected chi connectivity index (χ0v) is 4.07. The third-order valence-electron chi connectivity index (χ3n) is 0.891. The van der Waals surface area contributed by atoms with Gasteiger partial charge in [0.1, 0.15) is 6.54 Å². The molecule has 44 valence electrons. The third kappa shape index (κ3) is 0.749. The average molecular weight is 115 g/mol. The van der Waals surface area contributed by atoms with Crippen molar-refractivity contribution < 1.29 is 4.92 Å². The van der Waals surface area contributed by atoms with E-state index in [2.05, 4.69) is 10.3 Å². The zero-order chi connectivity index (χ0) is 5.98. The Hall–Kier alpha value is -1.13. The minimum absolute atomic E-state index is 0.257. The van der Waals surface area contributed by atoms with Gasteiger partial charge in [-0.15, -0.1) is 0 Å². The lowest BCUT2D eigenvalue weighted by atomic mass is 10.5. The second-order valence-corrected chi connectivity index (χ2v) is 1.46. The summed E-state index contributed by atoms with van der Waals surface area (Å²) in [4.78, 5) is 13.1. The molecule has 0 radical (unpaired) electrons. The molecule has 1 rings (SSSR count). The summed E-state index contributed by atoms with van der Waals surface area (Å²) in [7, 11) is 0. The van der Waals surface area contributed by atoms with E-state index in [-0.39, 0.29) is 6.54 Å². The van der Waals surface area contributed by atoms with Gasteiger partial charge >= 0.3 is 6.17 Å². The standard InChI is InChI=1S/C3H5N3O2/c7-6(8)3-1-4-2-5-3/h2-3H,1H2,(H,4,5). The van der Waals surface area contributed by atoms with E-state index in [1.165, 1.54) is 6.34 Å². The lowest BCUT2D eigenvalue weighted by Gasteiger charge is -1.96. The van der Waals surface area contributed by atoms with Crippen LogP contribution in [0.15, 0.2) is 4.99 Å². The number of aliphatic imine (C=N–C) groups is 1. The number of nitrogens with zero attached hydrogens (tertiary/aromatic N) is 2. The normalized spacial score (nSPS) is 25.2. The first-order valence-electron chi connectivity index (χ1n) is 2.18. The van der Waals surface area contributed by atoms with Crippen molar-refractivity contribution >= 4 is 6.34 Å². The van der Waals surface area contributed by atoms with Crippen molar-refractivity contribution in [2.45, 2.75) is 6.17 Å². The second kappa shape index (κ2) is 1.77. The molecule has 8 heavy (non-hydrogen) atoms. The molecule has 0 bridgehead atoms. The molecule has 1 unspecified atom stereocenters. The van der Waals surface area contributed by atoms with Crippen molar-refractivity contribution in [1.82, 2.24) is 5.32 Å². The Morgan fingerprint density at radius 3 is 3.00 bits per heavy atom. The van der Waals surface area contributed by atoms with Gasteiger partial charge in [0.15, 0.2) is 0 Å². The fraction of sp³-hybridized carbons (Fsp3) is 0.667. The molecular formula is C3H5N3O2. The first-order valence-corrected chi connectivity index (χ1v) is 2.18. The topological polar surface area (TPSA) is 67.5 Å². The van der Waals surface area contributed by atoms with Gasteiger partial charge < -0.3 is 5.32 Å². The Morgan fingerprint density at radius 1 is 2.00 bits per heavy atom. The maximum Gasteiger partial charge on any atom is 0.304 e. The van der Waals surface area contributed by atoms with Crippen molar-refractivity contribution in [3.63, 3.8) is 0 Å². The predicted molar refractivity (Wildman–Crippen MR) is 27.3 cm³/mol. The van der Waals surface area contributed by atoms with Crippen LogP contribution in [0.3, 0.4) is 0 Å². The highest BCUT2D eigenvalue weighted by molar-refractivity contribution is 5.56. The van der Waals surface area contributed by atoms with Gasteiger partial charge in [0, 0.05) is 4.92 Å². The van der Waals surface area contributed by atoms with Crippen LogP contribution in [0.25, 0.3) is 0 Å². The Labute approximate surface area is 45.6 Å². The van der Waals surface area contributed by atoms with Gasteiger partial charge in [0.25, 0.3) is 0 Å². The molecule has 1 aliphatic heterocycles. The number of rotatable bonds is 1. The van der Waals surface area contributed by atoms with Crippen LogP contribution >= 0.6 is 0 Å². The lowest BCUT2D eigenvalue weighted by molar-refractivity contribution is -0.521. The minimum atomic E-state index is -0.685. The summed E-state index contributed by atoms with van der Waals surface area (Å²) in [5.74, 6) is 0. The van der Waals surface area contributed by atoms with E-state index in [1.807, 2.05) is 0 Å². The first-order chi connectivity index (χ1) is 3.80. The largest absolute Gasteiger partial charge is 0.313 e. The minimum Gasteiger partial charge on any atom is -0.313 e. The molecule has 5 nitrogen and oxygen atoms in total. The fourth-order valence-electron chi connectivity index (χ4n) is 0.472. The molecule has 0 amide bonds. The fourth-order valence-corrected chi connectivity index (χ4v) is 0.472. The monoisotopic (exact) mass is 115 g/mol. The van der Waals surface area contributed by atoms with Gasteiger partial charge in [-0.05, 0) is 0 Å². The van der Waals surface area contributed by atoms with Crippen LogP contribution in [0.2, 0.25) is 0 Å². The van der Waals surface area contributed by atoms with Crippen LogP contribution in [0.1, 0.15) is 0 Å². The Morgan fingerprint density at radius 2 is 2.75 bits per heavy atom. The second-order valence-electron chi connectivity index (χ2n) is 1.46. The van der Waals surface area contributed by atoms with E-state index in [0.29, 0.717) is 0 Å². The van der Waals surface area contributed by atoms with Gasteiger partial charge in [-0.25, -0.2) is 0 Å². The maximum atomic E-state index is 9.86. The average Bonchev–Trinajstić information content (AvgIpc) is 2.12. The van der Waals surface area contributed by atoms with Crippen LogP contribution in [0.4, 0.5) is 0 Å². The molecule has 0 spiro atoms. The van der Waals surface area contributed by atoms with Crippen molar-refractivity contribution in [1.29, 1.82) is 0 Å². The van der Waals surface area contributed by atoms with E-state index < -0.39 is 11.1 Å². The molecule has 0 saturated heterocycles. The summed E-state index contributed by atoms with van der Waals surface area (Å²) in [5, 5.41) is 12.3. The van der Waals surface area contributed by atoms with Gasteiger partial charge in [-0.1, -0.05) is 0 Å². The molecule has 1 heterocycles. The Bertz CT molecular complexity index is 124. The highest BCUT2D eigenvalue weighted by Gasteiger charge is 2.19. The number of hydrogen-bond donors (Lipinski definition) is 1. The number of nitrogens with one attached hydrogen (secondary N) is 1. The number of hydrogen-bond acceptors (Lipinski definition) is 4. The smallest absolute Gasteiger partial charge is 0.304 e. The lowest BCUT2D eigenvalue weighted by Crippen LogP contribution is -2.32. The highest BCUT2D eigenvalue weighted by Crippen LogP contribution is 1.89. The zero-order valence-electron chi connectivity index (χ0n) is 4.07. The quantitative estimate of drug-likeness (QED) is 0.360. The van der Waals surface area contributed by atoms with Crippen LogP contribution in [0, 0.1) is 10.1 Å². The summed E-state index contributed by atoms with van der Waals surface area (Å²) >= 11 is 0. The predicted octanol–water partition coefficient (Wildman–Crippen LogP) is -0.779. The van der Waals surface area contributed by atoms with Gasteiger partial charge in [-0.3, -0.25) is 15.1 Å². The first kappa shape index (κ1) is 5.02. The number of nitro groups is 1. The summed E-state index contributed by atoms with van der Waals surface area (Å²) in [5.41, 5.74) is 0. The molecule has 1 aliphatic rings. The summed E-state index contributed by atoms with van der Waals surface area (Å²) in [6.07, 6.45) is 0.669. The molecule has 0 saturated carbocycles. The van der Waals surface area contributed by atoms with Crippen molar-refractivity contribution in [3.8, 4) is 0 Å². The maximum absolute atomic E-state index is 9.86. The van der Waals surface area contributed by atoms with E-state index in [9.17, 15) is 10.1 Å².